The van der Waals surface area contributed by atoms with E-state index in [4.69, 9.17) is 10.8 Å². The van der Waals surface area contributed by atoms with Crippen LogP contribution in [0.25, 0.3) is 10.9 Å². The van der Waals surface area contributed by atoms with E-state index in [1.807, 2.05) is 25.2 Å². The van der Waals surface area contributed by atoms with E-state index < -0.39 is 5.82 Å². The summed E-state index contributed by atoms with van der Waals surface area (Å²) in [5.74, 6) is -0.520. The van der Waals surface area contributed by atoms with E-state index in [2.05, 4.69) is 10.3 Å². The number of rotatable bonds is 2. The number of fused-ring (bicyclic) bond motifs is 1. The third kappa shape index (κ3) is 3.12. The minimum Gasteiger partial charge on any atom is -0.400 e. The number of benzene rings is 1. The average Bonchev–Trinajstić information content (AvgIpc) is 2.34. The molecular formula is C12H16FN3O. The second-order valence-electron chi connectivity index (χ2n) is 3.41. The predicted molar refractivity (Wildman–Crippen MR) is 67.0 cm³/mol. The molecule has 0 unspecified atom stereocenters. The lowest BCUT2D eigenvalue weighted by molar-refractivity contribution is 0.399. The van der Waals surface area contributed by atoms with E-state index in [1.165, 1.54) is 6.07 Å². The quantitative estimate of drug-likeness (QED) is 0.736. The van der Waals surface area contributed by atoms with Gasteiger partial charge in [-0.25, -0.2) is 9.37 Å². The van der Waals surface area contributed by atoms with Crippen molar-refractivity contribution in [2.75, 3.05) is 19.9 Å². The molecule has 0 aliphatic carbocycles. The highest BCUT2D eigenvalue weighted by Crippen LogP contribution is 2.18. The molecule has 92 valence electrons. The highest BCUT2D eigenvalue weighted by Gasteiger charge is 2.03. The molecule has 0 aliphatic rings. The molecule has 5 heteroatoms. The zero-order chi connectivity index (χ0) is 12.8. The number of aliphatic hydroxyl groups is 1. The molecule has 2 rings (SSSR count). The van der Waals surface area contributed by atoms with Crippen molar-refractivity contribution in [2.45, 2.75) is 6.54 Å². The standard InChI is InChI=1S/C11H12FN3.CH4O/c1-14-6-7-2-3-8-5-9(12)11(13)15-10(8)4-7;1-2/h2-5,14H,6H2,1H3,(H2,13,15);2H,1H3. The Morgan fingerprint density at radius 1 is 1.35 bits per heavy atom. The highest BCUT2D eigenvalue weighted by molar-refractivity contribution is 5.80. The summed E-state index contributed by atoms with van der Waals surface area (Å²) in [5, 5.41) is 10.8. The molecule has 0 aliphatic heterocycles. The maximum Gasteiger partial charge on any atom is 0.165 e. The Morgan fingerprint density at radius 2 is 2.06 bits per heavy atom. The van der Waals surface area contributed by atoms with Gasteiger partial charge in [0, 0.05) is 19.0 Å². The lowest BCUT2D eigenvalue weighted by atomic mass is 10.1. The second kappa shape index (κ2) is 6.12. The third-order valence-electron chi connectivity index (χ3n) is 2.24. The molecule has 4 N–H and O–H groups in total. The zero-order valence-corrected chi connectivity index (χ0v) is 9.87. The Balaban J connectivity index is 0.000000686. The number of hydrogen-bond donors (Lipinski definition) is 3. The molecular weight excluding hydrogens is 221 g/mol. The summed E-state index contributed by atoms with van der Waals surface area (Å²) in [5.41, 5.74) is 7.23. The zero-order valence-electron chi connectivity index (χ0n) is 9.87. The summed E-state index contributed by atoms with van der Waals surface area (Å²) in [6.07, 6.45) is 0. The molecule has 2 aromatic rings. The van der Waals surface area contributed by atoms with Gasteiger partial charge in [-0.2, -0.15) is 0 Å². The van der Waals surface area contributed by atoms with Crippen molar-refractivity contribution in [1.82, 2.24) is 10.3 Å². The van der Waals surface area contributed by atoms with Crippen LogP contribution in [0.3, 0.4) is 0 Å². The van der Waals surface area contributed by atoms with Gasteiger partial charge < -0.3 is 16.2 Å². The van der Waals surface area contributed by atoms with E-state index in [9.17, 15) is 4.39 Å². The highest BCUT2D eigenvalue weighted by atomic mass is 19.1. The number of aliphatic hydroxyl groups excluding tert-OH is 1. The van der Waals surface area contributed by atoms with Crippen LogP contribution in [0, 0.1) is 5.82 Å². The van der Waals surface area contributed by atoms with Crippen molar-refractivity contribution in [2.24, 2.45) is 0 Å². The molecule has 0 amide bonds. The van der Waals surface area contributed by atoms with Gasteiger partial charge in [-0.15, -0.1) is 0 Å². The molecule has 0 bridgehead atoms. The molecule has 0 spiro atoms. The van der Waals surface area contributed by atoms with Gasteiger partial charge in [-0.1, -0.05) is 12.1 Å². The maximum absolute atomic E-state index is 13.1. The summed E-state index contributed by atoms with van der Waals surface area (Å²) >= 11 is 0. The average molecular weight is 237 g/mol. The smallest absolute Gasteiger partial charge is 0.165 e. The van der Waals surface area contributed by atoms with Crippen molar-refractivity contribution in [1.29, 1.82) is 0 Å². The first-order valence-electron chi connectivity index (χ1n) is 5.14. The number of nitrogens with one attached hydrogen (secondary N) is 1. The maximum atomic E-state index is 13.1. The van der Waals surface area contributed by atoms with Crippen LogP contribution in [-0.4, -0.2) is 24.2 Å². The lowest BCUT2D eigenvalue weighted by Crippen LogP contribution is -2.05. The van der Waals surface area contributed by atoms with Gasteiger partial charge in [0.05, 0.1) is 5.52 Å². The van der Waals surface area contributed by atoms with E-state index in [1.54, 1.807) is 0 Å². The summed E-state index contributed by atoms with van der Waals surface area (Å²) in [7, 11) is 2.87. The minimum atomic E-state index is -0.469. The number of anilines is 1. The Kier molecular flexibility index (Phi) is 4.81. The van der Waals surface area contributed by atoms with Crippen molar-refractivity contribution in [3.63, 3.8) is 0 Å². The van der Waals surface area contributed by atoms with Gasteiger partial charge in [0.25, 0.3) is 0 Å². The molecule has 0 saturated heterocycles. The fourth-order valence-electron chi connectivity index (χ4n) is 1.52. The molecule has 0 radical (unpaired) electrons. The SMILES string of the molecule is CNCc1ccc2cc(F)c(N)nc2c1.CO. The molecule has 0 fully saturated rings. The van der Waals surface area contributed by atoms with Crippen molar-refractivity contribution in [3.8, 4) is 0 Å². The molecule has 1 heterocycles. The van der Waals surface area contributed by atoms with Gasteiger partial charge in [-0.3, -0.25) is 0 Å². The Morgan fingerprint density at radius 3 is 2.71 bits per heavy atom. The van der Waals surface area contributed by atoms with E-state index in [0.29, 0.717) is 0 Å². The number of aromatic nitrogens is 1. The van der Waals surface area contributed by atoms with Crippen LogP contribution >= 0.6 is 0 Å². The van der Waals surface area contributed by atoms with Gasteiger partial charge in [0.1, 0.15) is 0 Å². The number of pyridine rings is 1. The predicted octanol–water partition coefficient (Wildman–Crippen LogP) is 1.28. The molecule has 0 atom stereocenters. The Bertz CT molecular complexity index is 502. The van der Waals surface area contributed by atoms with Crippen LogP contribution in [0.2, 0.25) is 0 Å². The molecule has 4 nitrogen and oxygen atoms in total. The van der Waals surface area contributed by atoms with Crippen molar-refractivity contribution >= 4 is 16.7 Å². The first-order valence-corrected chi connectivity index (χ1v) is 5.14. The van der Waals surface area contributed by atoms with Crippen LogP contribution in [0.15, 0.2) is 24.3 Å². The number of nitrogens with two attached hydrogens (primary N) is 1. The largest absolute Gasteiger partial charge is 0.400 e. The summed E-state index contributed by atoms with van der Waals surface area (Å²) in [6.45, 7) is 0.759. The normalized spacial score (nSPS) is 9.88. The summed E-state index contributed by atoms with van der Waals surface area (Å²) in [4.78, 5) is 3.99. The Hall–Kier alpha value is -1.72. The topological polar surface area (TPSA) is 71.2 Å². The Labute approximate surface area is 99.3 Å². The molecule has 0 saturated carbocycles. The number of halogens is 1. The van der Waals surface area contributed by atoms with E-state index in [0.717, 1.165) is 30.1 Å². The fourth-order valence-corrected chi connectivity index (χ4v) is 1.52. The van der Waals surface area contributed by atoms with Crippen LogP contribution < -0.4 is 11.1 Å². The van der Waals surface area contributed by atoms with Gasteiger partial charge in [0.15, 0.2) is 11.6 Å². The van der Waals surface area contributed by atoms with Crippen LogP contribution in [-0.2, 0) is 6.54 Å². The van der Waals surface area contributed by atoms with Crippen molar-refractivity contribution in [3.05, 3.63) is 35.6 Å². The van der Waals surface area contributed by atoms with E-state index >= 15 is 0 Å². The number of hydrogen-bond acceptors (Lipinski definition) is 4. The monoisotopic (exact) mass is 237 g/mol. The fraction of sp³-hybridized carbons (Fsp3) is 0.250. The number of nitrogen functional groups attached to an aromatic ring is 1. The van der Waals surface area contributed by atoms with Crippen molar-refractivity contribution < 1.29 is 9.50 Å². The third-order valence-corrected chi connectivity index (χ3v) is 2.24. The van der Waals surface area contributed by atoms with Gasteiger partial charge in [0.2, 0.25) is 0 Å². The molecule has 17 heavy (non-hydrogen) atoms. The number of nitrogens with zero attached hydrogens (tertiary/aromatic N) is 1. The second-order valence-corrected chi connectivity index (χ2v) is 3.41. The van der Waals surface area contributed by atoms with Crippen LogP contribution in [0.1, 0.15) is 5.56 Å². The first kappa shape index (κ1) is 13.3. The van der Waals surface area contributed by atoms with E-state index in [-0.39, 0.29) is 5.82 Å². The summed E-state index contributed by atoms with van der Waals surface area (Å²) < 4.78 is 13.1. The first-order chi connectivity index (χ1) is 8.20. The molecule has 1 aromatic heterocycles. The minimum absolute atomic E-state index is 0.0518. The van der Waals surface area contributed by atoms with Crippen LogP contribution in [0.5, 0.6) is 0 Å². The van der Waals surface area contributed by atoms with Gasteiger partial charge in [-0.05, 0) is 24.7 Å². The summed E-state index contributed by atoms with van der Waals surface area (Å²) in [6, 6.07) is 7.09. The molecule has 1 aromatic carbocycles. The van der Waals surface area contributed by atoms with Gasteiger partial charge >= 0.3 is 0 Å². The van der Waals surface area contributed by atoms with Crippen LogP contribution in [0.4, 0.5) is 10.2 Å². The lowest BCUT2D eigenvalue weighted by Gasteiger charge is -2.03.